The summed E-state index contributed by atoms with van der Waals surface area (Å²) in [6.45, 7) is 4.62. The summed E-state index contributed by atoms with van der Waals surface area (Å²) in [5.41, 5.74) is 2.19. The van der Waals surface area contributed by atoms with Crippen LogP contribution in [0.2, 0.25) is 0 Å². The van der Waals surface area contributed by atoms with Crippen LogP contribution in [0.15, 0.2) is 30.0 Å². The number of hydrogen-bond donors (Lipinski definition) is 0. The van der Waals surface area contributed by atoms with Gasteiger partial charge in [-0.05, 0) is 37.9 Å². The van der Waals surface area contributed by atoms with Gasteiger partial charge >= 0.3 is 0 Å². The second-order valence-electron chi connectivity index (χ2n) is 5.04. The molecule has 20 heavy (non-hydrogen) atoms. The number of carbonyl (C=O) groups is 1. The maximum absolute atomic E-state index is 11.3. The molecule has 2 heterocycles. The molecule has 0 aromatic carbocycles. The molecule has 1 unspecified atom stereocenters. The number of Topliss-reactive ketones (excluding diaryl/α,β-unsaturated/α-hetero) is 1. The lowest BCUT2D eigenvalue weighted by atomic mass is 10.1. The van der Waals surface area contributed by atoms with E-state index in [1.165, 1.54) is 16.9 Å². The molecule has 0 fully saturated rings. The molecule has 2 aromatic heterocycles. The second kappa shape index (κ2) is 6.72. The number of ketones is 1. The van der Waals surface area contributed by atoms with Crippen LogP contribution in [0.5, 0.6) is 0 Å². The number of thiophene rings is 1. The zero-order valence-electron chi connectivity index (χ0n) is 12.0. The molecule has 106 valence electrons. The molecule has 0 aliphatic heterocycles. The van der Waals surface area contributed by atoms with E-state index in [2.05, 4.69) is 34.2 Å². The highest BCUT2D eigenvalue weighted by Crippen LogP contribution is 2.17. The van der Waals surface area contributed by atoms with Crippen LogP contribution >= 0.6 is 11.3 Å². The van der Waals surface area contributed by atoms with Gasteiger partial charge in [-0.15, -0.1) is 11.3 Å². The fraction of sp³-hybridized carbons (Fsp3) is 0.400. The summed E-state index contributed by atoms with van der Waals surface area (Å²) < 4.78 is 0. The van der Waals surface area contributed by atoms with Gasteiger partial charge in [0.1, 0.15) is 0 Å². The monoisotopic (exact) mass is 289 g/mol. The van der Waals surface area contributed by atoms with Crippen molar-refractivity contribution in [1.82, 2.24) is 14.9 Å². The Labute approximate surface area is 123 Å². The molecule has 1 atom stereocenters. The van der Waals surface area contributed by atoms with Crippen molar-refractivity contribution in [2.45, 2.75) is 32.9 Å². The minimum atomic E-state index is 0.136. The van der Waals surface area contributed by atoms with Crippen LogP contribution < -0.4 is 0 Å². The first-order valence-electron chi connectivity index (χ1n) is 6.59. The number of nitrogens with zero attached hydrogens (tertiary/aromatic N) is 3. The van der Waals surface area contributed by atoms with Crippen molar-refractivity contribution < 1.29 is 4.79 Å². The predicted molar refractivity (Wildman–Crippen MR) is 81.0 cm³/mol. The fourth-order valence-corrected chi connectivity index (χ4v) is 2.79. The molecule has 0 aliphatic rings. The van der Waals surface area contributed by atoms with Crippen molar-refractivity contribution in [2.24, 2.45) is 0 Å². The molecule has 0 saturated heterocycles. The first-order chi connectivity index (χ1) is 9.56. The molecule has 5 heteroatoms. The topological polar surface area (TPSA) is 46.1 Å². The van der Waals surface area contributed by atoms with Gasteiger partial charge in [0.25, 0.3) is 0 Å². The Hall–Kier alpha value is -1.59. The molecule has 2 aromatic rings. The maximum Gasteiger partial charge on any atom is 0.169 e. The van der Waals surface area contributed by atoms with E-state index < -0.39 is 0 Å². The molecule has 2 rings (SSSR count). The van der Waals surface area contributed by atoms with E-state index in [4.69, 9.17) is 0 Å². The molecule has 0 N–H and O–H groups in total. The molecular weight excluding hydrogens is 270 g/mol. The highest BCUT2D eigenvalue weighted by molar-refractivity contribution is 7.12. The largest absolute Gasteiger partial charge is 0.299 e. The van der Waals surface area contributed by atoms with Crippen LogP contribution in [-0.2, 0) is 13.0 Å². The van der Waals surface area contributed by atoms with Gasteiger partial charge in [-0.2, -0.15) is 0 Å². The van der Waals surface area contributed by atoms with Crippen molar-refractivity contribution in [3.05, 3.63) is 46.2 Å². The molecule has 0 saturated carbocycles. The Kier molecular flexibility index (Phi) is 4.98. The van der Waals surface area contributed by atoms with Crippen LogP contribution in [0.25, 0.3) is 0 Å². The van der Waals surface area contributed by atoms with Crippen molar-refractivity contribution in [2.75, 3.05) is 7.05 Å². The number of rotatable bonds is 6. The normalized spacial score (nSPS) is 12.6. The molecule has 0 amide bonds. The Bertz CT molecular complexity index is 568. The molecular formula is C15H19N3OS. The van der Waals surface area contributed by atoms with E-state index in [9.17, 15) is 4.79 Å². The average molecular weight is 289 g/mol. The lowest BCUT2D eigenvalue weighted by Gasteiger charge is -2.23. The van der Waals surface area contributed by atoms with Gasteiger partial charge in [0, 0.05) is 37.6 Å². The number of carbonyl (C=O) groups excluding carboxylic acids is 1. The van der Waals surface area contributed by atoms with Crippen LogP contribution in [0.4, 0.5) is 0 Å². The first-order valence-corrected chi connectivity index (χ1v) is 7.47. The predicted octanol–water partition coefficient (Wildman–Crippen LogP) is 2.80. The smallest absolute Gasteiger partial charge is 0.169 e. The lowest BCUT2D eigenvalue weighted by molar-refractivity contribution is 0.102. The van der Waals surface area contributed by atoms with E-state index in [0.717, 1.165) is 23.5 Å². The summed E-state index contributed by atoms with van der Waals surface area (Å²) in [6.07, 6.45) is 6.09. The first kappa shape index (κ1) is 14.8. The highest BCUT2D eigenvalue weighted by atomic mass is 32.1. The van der Waals surface area contributed by atoms with Gasteiger partial charge in [0.15, 0.2) is 5.78 Å². The van der Waals surface area contributed by atoms with E-state index >= 15 is 0 Å². The molecule has 0 radical (unpaired) electrons. The Morgan fingerprint density at radius 2 is 2.25 bits per heavy atom. The molecule has 4 nitrogen and oxygen atoms in total. The minimum Gasteiger partial charge on any atom is -0.299 e. The Balaban J connectivity index is 1.93. The van der Waals surface area contributed by atoms with Gasteiger partial charge in [-0.25, -0.2) is 0 Å². The van der Waals surface area contributed by atoms with E-state index in [1.807, 2.05) is 12.3 Å². The quantitative estimate of drug-likeness (QED) is 0.767. The summed E-state index contributed by atoms with van der Waals surface area (Å²) in [7, 11) is 2.09. The third-order valence-corrected chi connectivity index (χ3v) is 4.39. The van der Waals surface area contributed by atoms with Gasteiger partial charge in [0.05, 0.1) is 10.6 Å². The van der Waals surface area contributed by atoms with E-state index in [1.54, 1.807) is 19.3 Å². The lowest BCUT2D eigenvalue weighted by Crippen LogP contribution is -2.30. The van der Waals surface area contributed by atoms with Crippen LogP contribution in [-0.4, -0.2) is 33.7 Å². The summed E-state index contributed by atoms with van der Waals surface area (Å²) in [4.78, 5) is 22.8. The number of likely N-dealkylation sites (N-methyl/N-ethyl adjacent to an activating group) is 1. The van der Waals surface area contributed by atoms with Crippen molar-refractivity contribution in [3.8, 4) is 0 Å². The van der Waals surface area contributed by atoms with Gasteiger partial charge < -0.3 is 0 Å². The number of hydrogen-bond acceptors (Lipinski definition) is 5. The third-order valence-electron chi connectivity index (χ3n) is 3.31. The van der Waals surface area contributed by atoms with E-state index in [0.29, 0.717) is 6.04 Å². The van der Waals surface area contributed by atoms with Gasteiger partial charge in [0.2, 0.25) is 0 Å². The van der Waals surface area contributed by atoms with Gasteiger partial charge in [-0.3, -0.25) is 19.7 Å². The summed E-state index contributed by atoms with van der Waals surface area (Å²) in [5.74, 6) is 0.136. The Morgan fingerprint density at radius 3 is 2.85 bits per heavy atom. The summed E-state index contributed by atoms with van der Waals surface area (Å²) in [6, 6.07) is 2.35. The summed E-state index contributed by atoms with van der Waals surface area (Å²) in [5, 5.41) is 2.06. The van der Waals surface area contributed by atoms with Crippen LogP contribution in [0.3, 0.4) is 0 Å². The third kappa shape index (κ3) is 3.95. The van der Waals surface area contributed by atoms with Crippen molar-refractivity contribution >= 4 is 17.1 Å². The zero-order valence-corrected chi connectivity index (χ0v) is 12.9. The van der Waals surface area contributed by atoms with Gasteiger partial charge in [-0.1, -0.05) is 0 Å². The minimum absolute atomic E-state index is 0.136. The molecule has 0 spiro atoms. The van der Waals surface area contributed by atoms with Crippen molar-refractivity contribution in [1.29, 1.82) is 0 Å². The standard InChI is InChI=1S/C15H19N3OS/c1-11(6-14-8-16-4-5-17-14)18(3)9-13-7-15(12(2)19)20-10-13/h4-5,7-8,10-11H,6,9H2,1-3H3. The molecule has 0 bridgehead atoms. The SMILES string of the molecule is CC(=O)c1cc(CN(C)C(C)Cc2cnccn2)cs1. The van der Waals surface area contributed by atoms with Crippen LogP contribution in [0, 0.1) is 0 Å². The number of aromatic nitrogens is 2. The van der Waals surface area contributed by atoms with Crippen LogP contribution in [0.1, 0.15) is 34.8 Å². The molecule has 0 aliphatic carbocycles. The average Bonchev–Trinajstić information content (AvgIpc) is 2.88. The van der Waals surface area contributed by atoms with E-state index in [-0.39, 0.29) is 5.78 Å². The maximum atomic E-state index is 11.3. The fourth-order valence-electron chi connectivity index (χ4n) is 1.98. The van der Waals surface area contributed by atoms with Crippen molar-refractivity contribution in [3.63, 3.8) is 0 Å². The zero-order chi connectivity index (χ0) is 14.5. The second-order valence-corrected chi connectivity index (χ2v) is 5.95. The summed E-state index contributed by atoms with van der Waals surface area (Å²) >= 11 is 1.52. The highest BCUT2D eigenvalue weighted by Gasteiger charge is 2.13. The Morgan fingerprint density at radius 1 is 1.45 bits per heavy atom.